The van der Waals surface area contributed by atoms with Crippen LogP contribution in [0.5, 0.6) is 0 Å². The predicted molar refractivity (Wildman–Crippen MR) is 52.5 cm³/mol. The van der Waals surface area contributed by atoms with Gasteiger partial charge in [-0.1, -0.05) is 35.1 Å². The van der Waals surface area contributed by atoms with E-state index in [2.05, 4.69) is 12.6 Å². The maximum atomic E-state index is 7.00. The Labute approximate surface area is 141 Å². The molecule has 0 saturated heterocycles. The Balaban J connectivity index is -0.00000000356. The molecular formula is C7H24OSTb2. The summed E-state index contributed by atoms with van der Waals surface area (Å²) in [4.78, 5) is 0. The molecule has 0 unspecified atom stereocenters. The molecule has 0 aromatic rings. The van der Waals surface area contributed by atoms with Crippen LogP contribution in [0.4, 0.5) is 0 Å². The van der Waals surface area contributed by atoms with Crippen LogP contribution < -0.4 is 0 Å². The minimum absolute atomic E-state index is 0. The molecular weight excluding hydrogens is 450 g/mol. The Morgan fingerprint density at radius 1 is 0.727 bits per heavy atom. The number of hydrogen-bond donors (Lipinski definition) is 2. The van der Waals surface area contributed by atoms with Crippen LogP contribution in [0, 0.1) is 77.2 Å². The van der Waals surface area contributed by atoms with Crippen LogP contribution >= 0.6 is 12.6 Å². The first-order chi connectivity index (χ1) is 4.00. The number of aliphatic hydroxyl groups is 1. The van der Waals surface area contributed by atoms with Gasteiger partial charge in [0.15, 0.2) is 0 Å². The van der Waals surface area contributed by atoms with Crippen LogP contribution in [0.15, 0.2) is 0 Å². The summed E-state index contributed by atoms with van der Waals surface area (Å²) in [5.74, 6) is 0. The number of hydrogen-bond acceptors (Lipinski definition) is 2. The number of rotatable bonds is 0. The van der Waals surface area contributed by atoms with Gasteiger partial charge in [-0.15, -0.1) is 0 Å². The van der Waals surface area contributed by atoms with Crippen molar-refractivity contribution in [2.45, 2.75) is 35.1 Å². The van der Waals surface area contributed by atoms with Gasteiger partial charge in [-0.2, -0.15) is 12.6 Å². The second-order valence-electron chi connectivity index (χ2n) is 0. The van der Waals surface area contributed by atoms with Crippen molar-refractivity contribution in [1.82, 2.24) is 0 Å². The first-order valence-electron chi connectivity index (χ1n) is 2.89. The summed E-state index contributed by atoms with van der Waals surface area (Å²) in [6, 6.07) is 0. The molecule has 0 amide bonds. The summed E-state index contributed by atoms with van der Waals surface area (Å²) in [6.07, 6.45) is 1.69. The molecule has 0 aromatic carbocycles. The Bertz CT molecular complexity index is 16.4. The van der Waals surface area contributed by atoms with Gasteiger partial charge in [-0.05, 0) is 6.26 Å². The topological polar surface area (TPSA) is 20.2 Å². The van der Waals surface area contributed by atoms with Crippen molar-refractivity contribution in [2.24, 2.45) is 0 Å². The van der Waals surface area contributed by atoms with Crippen LogP contribution in [0.25, 0.3) is 0 Å². The molecule has 0 aliphatic rings. The van der Waals surface area contributed by atoms with E-state index in [-0.39, 0.29) is 84.6 Å². The fraction of sp³-hybridized carbons (Fsp3) is 1.00. The maximum Gasteiger partial charge on any atom is 0.0319 e. The van der Waals surface area contributed by atoms with Gasteiger partial charge in [0, 0.05) is 84.3 Å². The van der Waals surface area contributed by atoms with Crippen molar-refractivity contribution < 1.29 is 82.3 Å². The summed E-state index contributed by atoms with van der Waals surface area (Å²) in [5, 5.41) is 7.00. The van der Waals surface area contributed by atoms with Gasteiger partial charge in [-0.25, -0.2) is 0 Å². The third-order valence-corrected chi connectivity index (χ3v) is 0. The Kier molecular flexibility index (Phi) is 968. The van der Waals surface area contributed by atoms with E-state index in [1.54, 1.807) is 6.26 Å². The van der Waals surface area contributed by atoms with Crippen molar-refractivity contribution >= 4 is 12.6 Å². The first kappa shape index (κ1) is 48.6. The average Bonchev–Trinajstić information content (AvgIpc) is 2.03. The molecule has 82 valence electrons. The zero-order valence-corrected chi connectivity index (χ0v) is 12.7. The van der Waals surface area contributed by atoms with E-state index in [0.29, 0.717) is 0 Å². The Hall–Kier alpha value is 2.88. The van der Waals surface area contributed by atoms with Crippen LogP contribution in [-0.4, -0.2) is 18.5 Å². The van der Waals surface area contributed by atoms with Crippen LogP contribution in [0.3, 0.4) is 0 Å². The number of aliphatic hydroxyl groups excluding tert-OH is 1. The fourth-order valence-electron chi connectivity index (χ4n) is 0. The summed E-state index contributed by atoms with van der Waals surface area (Å²) in [7, 11) is 1.00. The minimum Gasteiger partial charge on any atom is -0.400 e. The summed E-state index contributed by atoms with van der Waals surface area (Å²) in [5.41, 5.74) is 0. The fourth-order valence-corrected chi connectivity index (χ4v) is 0. The van der Waals surface area contributed by atoms with E-state index in [4.69, 9.17) is 5.11 Å². The standard InChI is InChI=1S/2C2H6.CH4O.CH4S.CH4.2Tb/c4*1-2;;;/h2*1-2H3;2*2H,1H3;1H4;;. The number of thiol groups is 1. The first-order valence-corrected chi connectivity index (χ1v) is 3.79. The van der Waals surface area contributed by atoms with Gasteiger partial charge in [-0.3, -0.25) is 0 Å². The molecule has 0 spiro atoms. The average molecular weight is 474 g/mol. The van der Waals surface area contributed by atoms with Crippen molar-refractivity contribution in [3.63, 3.8) is 0 Å². The second-order valence-corrected chi connectivity index (χ2v) is 0. The van der Waals surface area contributed by atoms with Crippen molar-refractivity contribution in [2.75, 3.05) is 13.4 Å². The van der Waals surface area contributed by atoms with E-state index in [1.165, 1.54) is 0 Å². The van der Waals surface area contributed by atoms with E-state index in [1.807, 2.05) is 27.7 Å². The molecule has 0 fully saturated rings. The van der Waals surface area contributed by atoms with E-state index in [9.17, 15) is 0 Å². The van der Waals surface area contributed by atoms with Gasteiger partial charge in [0.25, 0.3) is 0 Å². The molecule has 1 N–H and O–H groups in total. The monoisotopic (exact) mass is 474 g/mol. The van der Waals surface area contributed by atoms with Crippen molar-refractivity contribution in [3.05, 3.63) is 0 Å². The molecule has 0 aliphatic heterocycles. The minimum atomic E-state index is 0. The summed E-state index contributed by atoms with van der Waals surface area (Å²) in [6.45, 7) is 8.00. The molecule has 0 bridgehead atoms. The zero-order chi connectivity index (χ0) is 8.00. The van der Waals surface area contributed by atoms with Crippen LogP contribution in [-0.2, 0) is 0 Å². The molecule has 11 heavy (non-hydrogen) atoms. The maximum absolute atomic E-state index is 7.00. The van der Waals surface area contributed by atoms with Gasteiger partial charge in [0.05, 0.1) is 0 Å². The summed E-state index contributed by atoms with van der Waals surface area (Å²) >= 11 is 3.53. The summed E-state index contributed by atoms with van der Waals surface area (Å²) < 4.78 is 0. The molecule has 1 nitrogen and oxygen atoms in total. The third-order valence-electron chi connectivity index (χ3n) is 0. The molecule has 4 heteroatoms. The Morgan fingerprint density at radius 3 is 0.727 bits per heavy atom. The smallest absolute Gasteiger partial charge is 0.0319 e. The largest absolute Gasteiger partial charge is 0.400 e. The normalized spacial score (nSPS) is 2.18. The van der Waals surface area contributed by atoms with Gasteiger partial charge in [0.1, 0.15) is 0 Å². The molecule has 0 heterocycles. The van der Waals surface area contributed by atoms with Gasteiger partial charge < -0.3 is 5.11 Å². The van der Waals surface area contributed by atoms with Crippen LogP contribution in [0.1, 0.15) is 35.1 Å². The van der Waals surface area contributed by atoms with Gasteiger partial charge >= 0.3 is 0 Å². The van der Waals surface area contributed by atoms with Crippen molar-refractivity contribution in [3.8, 4) is 0 Å². The molecule has 0 atom stereocenters. The molecule has 2 radical (unpaired) electrons. The van der Waals surface area contributed by atoms with Crippen LogP contribution in [0.2, 0.25) is 0 Å². The zero-order valence-electron chi connectivity index (χ0n) is 7.56. The van der Waals surface area contributed by atoms with E-state index < -0.39 is 0 Å². The molecule has 0 saturated carbocycles. The second kappa shape index (κ2) is 219. The van der Waals surface area contributed by atoms with Gasteiger partial charge in [0.2, 0.25) is 0 Å². The Morgan fingerprint density at radius 2 is 0.727 bits per heavy atom. The predicted octanol–water partition coefficient (Wildman–Crippen LogP) is 2.84. The molecule has 0 aliphatic carbocycles. The SMILES string of the molecule is C.CC.CC.CO.CS.[Tb].[Tb]. The van der Waals surface area contributed by atoms with Crippen molar-refractivity contribution in [1.29, 1.82) is 0 Å². The quantitative estimate of drug-likeness (QED) is 0.518. The molecule has 0 aromatic heterocycles. The third kappa shape index (κ3) is 184. The van der Waals surface area contributed by atoms with E-state index >= 15 is 0 Å². The molecule has 0 rings (SSSR count). The van der Waals surface area contributed by atoms with E-state index in [0.717, 1.165) is 7.11 Å².